The third kappa shape index (κ3) is 7.12. The fraction of sp³-hybridized carbons (Fsp3) is 0.733. The van der Waals surface area contributed by atoms with E-state index in [2.05, 4.69) is 25.8 Å². The second kappa shape index (κ2) is 10.6. The van der Waals surface area contributed by atoms with Gasteiger partial charge in [0.2, 0.25) is 11.8 Å². The summed E-state index contributed by atoms with van der Waals surface area (Å²) in [6, 6.07) is 0. The van der Waals surface area contributed by atoms with Crippen molar-refractivity contribution in [2.45, 2.75) is 40.5 Å². The molecule has 1 aromatic heterocycles. The highest BCUT2D eigenvalue weighted by molar-refractivity contribution is 5.81. The number of aromatic nitrogens is 2. The fourth-order valence-corrected chi connectivity index (χ4v) is 2.07. The van der Waals surface area contributed by atoms with E-state index in [1.165, 1.54) is 0 Å². The number of aliphatic imine (C=N–C) groups is 1. The number of carbonyl (C=O) groups excluding carboxylic acids is 1. The molecule has 130 valence electrons. The molecule has 0 radical (unpaired) electrons. The summed E-state index contributed by atoms with van der Waals surface area (Å²) in [6.45, 7) is 11.1. The van der Waals surface area contributed by atoms with Gasteiger partial charge in [-0.15, -0.1) is 0 Å². The standard InChI is InChI=1S/C15H28N6O2/c1-5-16-15(17-10-8-13-19-12(4)20-23-13)18-11-9-14(22)21(6-2)7-3/h5-11H2,1-4H3,(H2,16,17,18). The van der Waals surface area contributed by atoms with E-state index in [1.54, 1.807) is 6.92 Å². The van der Waals surface area contributed by atoms with Crippen LogP contribution >= 0.6 is 0 Å². The number of hydrogen-bond acceptors (Lipinski definition) is 5. The predicted octanol–water partition coefficient (Wildman–Crippen LogP) is 0.734. The van der Waals surface area contributed by atoms with Crippen molar-refractivity contribution in [3.05, 3.63) is 11.7 Å². The molecule has 1 amide bonds. The molecule has 0 spiro atoms. The van der Waals surface area contributed by atoms with Crippen LogP contribution in [0.1, 0.15) is 38.9 Å². The highest BCUT2D eigenvalue weighted by Gasteiger charge is 2.09. The van der Waals surface area contributed by atoms with Gasteiger partial charge in [-0.1, -0.05) is 5.16 Å². The molecular weight excluding hydrogens is 296 g/mol. The first-order chi connectivity index (χ1) is 11.1. The third-order valence-corrected chi connectivity index (χ3v) is 3.26. The average molecular weight is 324 g/mol. The maximum absolute atomic E-state index is 11.9. The van der Waals surface area contributed by atoms with Crippen LogP contribution in [0.15, 0.2) is 9.52 Å². The molecule has 2 N–H and O–H groups in total. The van der Waals surface area contributed by atoms with Gasteiger partial charge in [0.05, 0.1) is 6.54 Å². The number of rotatable bonds is 9. The Hall–Kier alpha value is -2.12. The van der Waals surface area contributed by atoms with Crippen LogP contribution in [0, 0.1) is 6.92 Å². The van der Waals surface area contributed by atoms with Crippen molar-refractivity contribution in [1.82, 2.24) is 25.7 Å². The van der Waals surface area contributed by atoms with Crippen LogP contribution in [0.2, 0.25) is 0 Å². The Kier molecular flexibility index (Phi) is 8.71. The van der Waals surface area contributed by atoms with Gasteiger partial charge in [-0.05, 0) is 27.7 Å². The number of carbonyl (C=O) groups is 1. The molecule has 0 fully saturated rings. The zero-order valence-electron chi connectivity index (χ0n) is 14.6. The Labute approximate surface area is 137 Å². The van der Waals surface area contributed by atoms with Crippen LogP contribution in [0.4, 0.5) is 0 Å². The minimum Gasteiger partial charge on any atom is -0.357 e. The largest absolute Gasteiger partial charge is 0.357 e. The summed E-state index contributed by atoms with van der Waals surface area (Å²) in [5.41, 5.74) is 0. The number of amides is 1. The Balaban J connectivity index is 2.38. The lowest BCUT2D eigenvalue weighted by Gasteiger charge is -2.19. The first-order valence-electron chi connectivity index (χ1n) is 8.19. The molecule has 8 nitrogen and oxygen atoms in total. The molecule has 8 heteroatoms. The lowest BCUT2D eigenvalue weighted by molar-refractivity contribution is -0.130. The number of aryl methyl sites for hydroxylation is 1. The van der Waals surface area contributed by atoms with Crippen LogP contribution in [0.3, 0.4) is 0 Å². The highest BCUT2D eigenvalue weighted by atomic mass is 16.5. The van der Waals surface area contributed by atoms with Gasteiger partial charge < -0.3 is 20.1 Å². The highest BCUT2D eigenvalue weighted by Crippen LogP contribution is 1.97. The van der Waals surface area contributed by atoms with Gasteiger partial charge in [-0.25, -0.2) is 0 Å². The van der Waals surface area contributed by atoms with Crippen molar-refractivity contribution in [3.8, 4) is 0 Å². The van der Waals surface area contributed by atoms with Crippen LogP contribution in [0.5, 0.6) is 0 Å². The number of nitrogens with zero attached hydrogens (tertiary/aromatic N) is 4. The molecule has 0 aliphatic carbocycles. The minimum absolute atomic E-state index is 0.152. The van der Waals surface area contributed by atoms with Gasteiger partial charge in [-0.3, -0.25) is 9.79 Å². The number of guanidine groups is 1. The summed E-state index contributed by atoms with van der Waals surface area (Å²) in [6.07, 6.45) is 1.05. The molecule has 0 unspecified atom stereocenters. The van der Waals surface area contributed by atoms with Crippen molar-refractivity contribution in [1.29, 1.82) is 0 Å². The van der Waals surface area contributed by atoms with E-state index in [4.69, 9.17) is 4.52 Å². The first-order valence-corrected chi connectivity index (χ1v) is 8.19. The Morgan fingerprint density at radius 1 is 1.26 bits per heavy atom. The number of hydrogen-bond donors (Lipinski definition) is 2. The molecule has 0 saturated carbocycles. The lowest BCUT2D eigenvalue weighted by Crippen LogP contribution is -2.40. The molecule has 23 heavy (non-hydrogen) atoms. The van der Waals surface area contributed by atoms with E-state index < -0.39 is 0 Å². The SMILES string of the molecule is CCNC(=NCCc1nc(C)no1)NCCC(=O)N(CC)CC. The summed E-state index contributed by atoms with van der Waals surface area (Å²) in [7, 11) is 0. The molecule has 1 rings (SSSR count). The van der Waals surface area contributed by atoms with E-state index in [-0.39, 0.29) is 5.91 Å². The van der Waals surface area contributed by atoms with Gasteiger partial charge in [0, 0.05) is 39.0 Å². The maximum Gasteiger partial charge on any atom is 0.228 e. The second-order valence-corrected chi connectivity index (χ2v) is 4.99. The van der Waals surface area contributed by atoms with E-state index in [1.807, 2.05) is 25.7 Å². The molecule has 0 aliphatic rings. The number of nitrogens with one attached hydrogen (secondary N) is 2. The summed E-state index contributed by atoms with van der Waals surface area (Å²) in [5, 5.41) is 10.1. The normalized spacial score (nSPS) is 11.4. The Morgan fingerprint density at radius 2 is 2.00 bits per heavy atom. The van der Waals surface area contributed by atoms with Crippen molar-refractivity contribution in [2.75, 3.05) is 32.7 Å². The zero-order chi connectivity index (χ0) is 17.1. The molecule has 0 atom stereocenters. The summed E-state index contributed by atoms with van der Waals surface area (Å²) < 4.78 is 5.05. The van der Waals surface area contributed by atoms with Crippen LogP contribution in [-0.4, -0.2) is 59.6 Å². The van der Waals surface area contributed by atoms with E-state index in [0.717, 1.165) is 19.6 Å². The summed E-state index contributed by atoms with van der Waals surface area (Å²) in [4.78, 5) is 22.3. The van der Waals surface area contributed by atoms with Gasteiger partial charge in [0.1, 0.15) is 0 Å². The van der Waals surface area contributed by atoms with Crippen LogP contribution in [0.25, 0.3) is 0 Å². The molecular formula is C15H28N6O2. The second-order valence-electron chi connectivity index (χ2n) is 4.99. The van der Waals surface area contributed by atoms with Gasteiger partial charge in [-0.2, -0.15) is 4.98 Å². The van der Waals surface area contributed by atoms with Gasteiger partial charge in [0.15, 0.2) is 11.8 Å². The van der Waals surface area contributed by atoms with Crippen molar-refractivity contribution in [3.63, 3.8) is 0 Å². The van der Waals surface area contributed by atoms with Crippen LogP contribution < -0.4 is 10.6 Å². The maximum atomic E-state index is 11.9. The third-order valence-electron chi connectivity index (χ3n) is 3.26. The molecule has 0 aromatic carbocycles. The molecule has 0 bridgehead atoms. The predicted molar refractivity (Wildman–Crippen MR) is 89.3 cm³/mol. The van der Waals surface area contributed by atoms with E-state index >= 15 is 0 Å². The molecule has 1 aromatic rings. The molecule has 0 aliphatic heterocycles. The lowest BCUT2D eigenvalue weighted by atomic mass is 10.3. The molecule has 1 heterocycles. The van der Waals surface area contributed by atoms with Crippen molar-refractivity contribution in [2.24, 2.45) is 4.99 Å². The van der Waals surface area contributed by atoms with Gasteiger partial charge in [0.25, 0.3) is 0 Å². The van der Waals surface area contributed by atoms with E-state index in [9.17, 15) is 4.79 Å². The van der Waals surface area contributed by atoms with Gasteiger partial charge >= 0.3 is 0 Å². The Bertz CT molecular complexity index is 496. The van der Waals surface area contributed by atoms with Crippen LogP contribution in [-0.2, 0) is 11.2 Å². The smallest absolute Gasteiger partial charge is 0.228 e. The Morgan fingerprint density at radius 3 is 2.57 bits per heavy atom. The topological polar surface area (TPSA) is 95.6 Å². The van der Waals surface area contributed by atoms with E-state index in [0.29, 0.717) is 43.6 Å². The van der Waals surface area contributed by atoms with Crippen molar-refractivity contribution < 1.29 is 9.32 Å². The minimum atomic E-state index is 0.152. The van der Waals surface area contributed by atoms with Crippen molar-refractivity contribution >= 4 is 11.9 Å². The zero-order valence-corrected chi connectivity index (χ0v) is 14.6. The first kappa shape index (κ1) is 18.9. The average Bonchev–Trinajstić information content (AvgIpc) is 2.94. The monoisotopic (exact) mass is 324 g/mol. The fourth-order valence-electron chi connectivity index (χ4n) is 2.07. The molecule has 0 saturated heterocycles. The summed E-state index contributed by atoms with van der Waals surface area (Å²) in [5.74, 6) is 2.05. The summed E-state index contributed by atoms with van der Waals surface area (Å²) >= 11 is 0. The quantitative estimate of drug-likeness (QED) is 0.514.